The number of rotatable bonds is 3. The van der Waals surface area contributed by atoms with Gasteiger partial charge in [-0.25, -0.2) is 4.98 Å². The van der Waals surface area contributed by atoms with Gasteiger partial charge in [0.25, 0.3) is 0 Å². The quantitative estimate of drug-likeness (QED) is 0.872. The number of fused-ring (bicyclic) bond motifs is 1. The van der Waals surface area contributed by atoms with E-state index in [0.29, 0.717) is 5.92 Å². The topological polar surface area (TPSA) is 33.6 Å². The summed E-state index contributed by atoms with van der Waals surface area (Å²) in [5.74, 6) is 0.608. The van der Waals surface area contributed by atoms with Gasteiger partial charge in [-0.15, -0.1) is 0 Å². The molecule has 2 aromatic rings. The van der Waals surface area contributed by atoms with Crippen LogP contribution in [-0.2, 0) is 6.54 Å². The van der Waals surface area contributed by atoms with E-state index in [1.807, 2.05) is 6.07 Å². The zero-order valence-corrected chi connectivity index (χ0v) is 11.7. The summed E-state index contributed by atoms with van der Waals surface area (Å²) >= 11 is 8.72. The van der Waals surface area contributed by atoms with Crippen molar-refractivity contribution in [3.8, 4) is 0 Å². The zero-order chi connectivity index (χ0) is 11.7. The van der Waals surface area contributed by atoms with E-state index in [9.17, 15) is 0 Å². The molecule has 16 heavy (non-hydrogen) atoms. The molecule has 0 bridgehead atoms. The summed E-state index contributed by atoms with van der Waals surface area (Å²) in [5.41, 5.74) is 1.93. The molecule has 1 unspecified atom stereocenters. The van der Waals surface area contributed by atoms with Crippen molar-refractivity contribution in [1.82, 2.24) is 14.5 Å². The van der Waals surface area contributed by atoms with E-state index in [-0.39, 0.29) is 0 Å². The second-order valence-electron chi connectivity index (χ2n) is 4.08. The number of halogens is 1. The van der Waals surface area contributed by atoms with Crippen LogP contribution in [0.2, 0.25) is 0 Å². The van der Waals surface area contributed by atoms with Gasteiger partial charge < -0.3 is 9.55 Å². The van der Waals surface area contributed by atoms with Gasteiger partial charge in [0.15, 0.2) is 10.4 Å². The van der Waals surface area contributed by atoms with Crippen LogP contribution < -0.4 is 0 Å². The molecule has 2 heterocycles. The molecule has 0 saturated carbocycles. The monoisotopic (exact) mass is 299 g/mol. The molecule has 1 N–H and O–H groups in total. The Hall–Kier alpha value is -0.680. The van der Waals surface area contributed by atoms with Gasteiger partial charge in [0.1, 0.15) is 0 Å². The van der Waals surface area contributed by atoms with Gasteiger partial charge in [0, 0.05) is 17.2 Å². The van der Waals surface area contributed by atoms with Crippen molar-refractivity contribution in [1.29, 1.82) is 0 Å². The Balaban J connectivity index is 2.52. The van der Waals surface area contributed by atoms with Gasteiger partial charge in [0.2, 0.25) is 0 Å². The maximum atomic E-state index is 5.31. The number of aromatic nitrogens is 3. The van der Waals surface area contributed by atoms with Gasteiger partial charge in [-0.05, 0) is 40.1 Å². The van der Waals surface area contributed by atoms with E-state index in [2.05, 4.69) is 44.3 Å². The number of imidazole rings is 1. The molecule has 0 aliphatic heterocycles. The molecular weight excluding hydrogens is 286 g/mol. The maximum Gasteiger partial charge on any atom is 0.179 e. The van der Waals surface area contributed by atoms with Crippen molar-refractivity contribution in [3.05, 3.63) is 21.5 Å². The van der Waals surface area contributed by atoms with Crippen LogP contribution in [0, 0.1) is 10.7 Å². The van der Waals surface area contributed by atoms with Crippen molar-refractivity contribution in [2.45, 2.75) is 26.8 Å². The van der Waals surface area contributed by atoms with Crippen LogP contribution >= 0.6 is 28.1 Å². The third-order valence-electron chi connectivity index (χ3n) is 2.77. The summed E-state index contributed by atoms with van der Waals surface area (Å²) < 4.78 is 3.79. The fourth-order valence-corrected chi connectivity index (χ4v) is 2.23. The highest BCUT2D eigenvalue weighted by Crippen LogP contribution is 2.18. The lowest BCUT2D eigenvalue weighted by Crippen LogP contribution is -2.07. The lowest BCUT2D eigenvalue weighted by Gasteiger charge is -2.09. The van der Waals surface area contributed by atoms with Crippen molar-refractivity contribution >= 4 is 39.3 Å². The summed E-state index contributed by atoms with van der Waals surface area (Å²) in [6, 6.07) is 2.01. The molecule has 0 aliphatic rings. The molecule has 3 nitrogen and oxygen atoms in total. The third-order valence-corrected chi connectivity index (χ3v) is 3.52. The average Bonchev–Trinajstić information content (AvgIpc) is 2.54. The fraction of sp³-hybridized carbons (Fsp3) is 0.455. The third kappa shape index (κ3) is 2.20. The Morgan fingerprint density at radius 2 is 2.38 bits per heavy atom. The average molecular weight is 300 g/mol. The number of pyridine rings is 1. The van der Waals surface area contributed by atoms with Crippen LogP contribution in [0.25, 0.3) is 11.2 Å². The van der Waals surface area contributed by atoms with Crippen LogP contribution in [-0.4, -0.2) is 14.5 Å². The molecule has 0 saturated heterocycles. The molecule has 0 aliphatic carbocycles. The van der Waals surface area contributed by atoms with E-state index in [0.717, 1.165) is 33.4 Å². The normalized spacial score (nSPS) is 13.2. The Morgan fingerprint density at radius 1 is 1.62 bits per heavy atom. The summed E-state index contributed by atoms with van der Waals surface area (Å²) in [4.78, 5) is 7.59. The minimum atomic E-state index is 0.608. The first kappa shape index (κ1) is 11.8. The number of aromatic amines is 1. The van der Waals surface area contributed by atoms with Crippen molar-refractivity contribution in [2.75, 3.05) is 0 Å². The zero-order valence-electron chi connectivity index (χ0n) is 9.33. The second-order valence-corrected chi connectivity index (χ2v) is 5.38. The standard InChI is InChI=1S/C11H14BrN3S/c1-3-7(2)6-15-10-9(14-11(15)16)4-8(12)5-13-10/h4-5,7H,3,6H2,1-2H3,(H,14,16). The SMILES string of the molecule is CCC(C)Cn1c(=S)[nH]c2cc(Br)cnc21. The molecule has 0 fully saturated rings. The molecule has 86 valence electrons. The Kier molecular flexibility index (Phi) is 3.44. The van der Waals surface area contributed by atoms with Crippen LogP contribution in [0.4, 0.5) is 0 Å². The van der Waals surface area contributed by atoms with E-state index < -0.39 is 0 Å². The molecule has 2 aromatic heterocycles. The maximum absolute atomic E-state index is 5.31. The van der Waals surface area contributed by atoms with E-state index >= 15 is 0 Å². The Labute approximate surface area is 108 Å². The molecule has 0 spiro atoms. The van der Waals surface area contributed by atoms with Gasteiger partial charge in [-0.1, -0.05) is 20.3 Å². The largest absolute Gasteiger partial charge is 0.329 e. The van der Waals surface area contributed by atoms with Crippen LogP contribution in [0.3, 0.4) is 0 Å². The fourth-order valence-electron chi connectivity index (χ4n) is 1.63. The van der Waals surface area contributed by atoms with E-state index in [4.69, 9.17) is 12.2 Å². The van der Waals surface area contributed by atoms with Crippen LogP contribution in [0.15, 0.2) is 16.7 Å². The van der Waals surface area contributed by atoms with Crippen LogP contribution in [0.1, 0.15) is 20.3 Å². The Bertz CT molecular complexity index is 558. The predicted molar refractivity (Wildman–Crippen MR) is 72.1 cm³/mol. The lowest BCUT2D eigenvalue weighted by atomic mass is 10.1. The molecular formula is C11H14BrN3S. The van der Waals surface area contributed by atoms with Crippen LogP contribution in [0.5, 0.6) is 0 Å². The molecule has 0 aromatic carbocycles. The number of hydrogen-bond acceptors (Lipinski definition) is 2. The van der Waals surface area contributed by atoms with Gasteiger partial charge >= 0.3 is 0 Å². The summed E-state index contributed by atoms with van der Waals surface area (Å²) in [5, 5.41) is 0. The highest BCUT2D eigenvalue weighted by molar-refractivity contribution is 9.10. The van der Waals surface area contributed by atoms with Gasteiger partial charge in [0.05, 0.1) is 5.52 Å². The molecule has 2 rings (SSSR count). The number of nitrogens with zero attached hydrogens (tertiary/aromatic N) is 2. The Morgan fingerprint density at radius 3 is 3.06 bits per heavy atom. The van der Waals surface area contributed by atoms with Gasteiger partial charge in [-0.2, -0.15) is 0 Å². The van der Waals surface area contributed by atoms with Crippen molar-refractivity contribution in [2.24, 2.45) is 5.92 Å². The highest BCUT2D eigenvalue weighted by Gasteiger charge is 2.08. The summed E-state index contributed by atoms with van der Waals surface area (Å²) in [7, 11) is 0. The first-order valence-electron chi connectivity index (χ1n) is 5.36. The van der Waals surface area contributed by atoms with Gasteiger partial charge in [-0.3, -0.25) is 0 Å². The highest BCUT2D eigenvalue weighted by atomic mass is 79.9. The van der Waals surface area contributed by atoms with Crippen molar-refractivity contribution in [3.63, 3.8) is 0 Å². The molecule has 5 heteroatoms. The number of hydrogen-bond donors (Lipinski definition) is 1. The first-order chi connectivity index (χ1) is 7.61. The molecule has 0 radical (unpaired) electrons. The van der Waals surface area contributed by atoms with E-state index in [1.54, 1.807) is 6.20 Å². The second kappa shape index (κ2) is 4.67. The van der Waals surface area contributed by atoms with Crippen molar-refractivity contribution < 1.29 is 0 Å². The first-order valence-corrected chi connectivity index (χ1v) is 6.56. The minimum absolute atomic E-state index is 0.608. The smallest absolute Gasteiger partial charge is 0.179 e. The molecule has 1 atom stereocenters. The lowest BCUT2D eigenvalue weighted by molar-refractivity contribution is 0.471. The summed E-state index contributed by atoms with van der Waals surface area (Å²) in [6.45, 7) is 5.33. The predicted octanol–water partition coefficient (Wildman–Crippen LogP) is 3.90. The number of H-pyrrole nitrogens is 1. The minimum Gasteiger partial charge on any atom is -0.329 e. The van der Waals surface area contributed by atoms with E-state index in [1.165, 1.54) is 0 Å². The number of nitrogens with one attached hydrogen (secondary N) is 1. The summed E-state index contributed by atoms with van der Waals surface area (Å²) in [6.07, 6.45) is 2.95. The molecule has 0 amide bonds.